The number of nitrogens with one attached hydrogen (secondary N) is 1. The summed E-state index contributed by atoms with van der Waals surface area (Å²) in [6.07, 6.45) is 0. The van der Waals surface area contributed by atoms with Gasteiger partial charge in [-0.3, -0.25) is 19.3 Å². The number of ketones is 1. The number of nitriles is 1. The van der Waals surface area contributed by atoms with Crippen molar-refractivity contribution in [3.05, 3.63) is 28.8 Å². The summed E-state index contributed by atoms with van der Waals surface area (Å²) < 4.78 is 0. The minimum atomic E-state index is -0.708. The van der Waals surface area contributed by atoms with Crippen LogP contribution >= 0.6 is 0 Å². The van der Waals surface area contributed by atoms with Gasteiger partial charge in [-0.1, -0.05) is 6.07 Å². The molecule has 0 fully saturated rings. The van der Waals surface area contributed by atoms with Gasteiger partial charge in [0.25, 0.3) is 11.7 Å². The van der Waals surface area contributed by atoms with Crippen LogP contribution in [-0.4, -0.2) is 30.7 Å². The summed E-state index contributed by atoms with van der Waals surface area (Å²) in [5.74, 6) is -1.78. The van der Waals surface area contributed by atoms with E-state index in [-0.39, 0.29) is 13.1 Å². The van der Waals surface area contributed by atoms with Crippen LogP contribution in [0.1, 0.15) is 21.5 Å². The summed E-state index contributed by atoms with van der Waals surface area (Å²) in [5, 5.41) is 10.8. The van der Waals surface area contributed by atoms with Crippen molar-refractivity contribution in [1.29, 1.82) is 5.26 Å². The van der Waals surface area contributed by atoms with Crippen LogP contribution in [0.25, 0.3) is 0 Å². The average Bonchev–Trinajstić information content (AvgIpc) is 2.66. The maximum atomic E-state index is 12.0. The van der Waals surface area contributed by atoms with Gasteiger partial charge in [-0.2, -0.15) is 5.26 Å². The number of anilines is 1. The van der Waals surface area contributed by atoms with E-state index in [2.05, 4.69) is 5.32 Å². The number of rotatable bonds is 3. The zero-order chi connectivity index (χ0) is 14.9. The number of nitrogens with zero attached hydrogens (tertiary/aromatic N) is 2. The van der Waals surface area contributed by atoms with E-state index in [4.69, 9.17) is 5.26 Å². The smallest absolute Gasteiger partial charge is 0.299 e. The van der Waals surface area contributed by atoms with Crippen LogP contribution in [0.2, 0.25) is 0 Å². The molecular weight excluding hydrogens is 258 g/mol. The lowest BCUT2D eigenvalue weighted by Crippen LogP contribution is -2.40. The first-order valence-electron chi connectivity index (χ1n) is 6.07. The van der Waals surface area contributed by atoms with Gasteiger partial charge in [0.1, 0.15) is 13.1 Å². The molecule has 0 bridgehead atoms. The minimum absolute atomic E-state index is 0.130. The first-order chi connectivity index (χ1) is 9.47. The molecule has 1 N–H and O–H groups in total. The fraction of sp³-hybridized carbons (Fsp3) is 0.286. The third kappa shape index (κ3) is 2.14. The largest absolute Gasteiger partial charge is 0.341 e. The number of amides is 2. The number of benzene rings is 1. The van der Waals surface area contributed by atoms with Gasteiger partial charge in [-0.25, -0.2) is 0 Å². The summed E-state index contributed by atoms with van der Waals surface area (Å²) in [6, 6.07) is 5.16. The van der Waals surface area contributed by atoms with Crippen molar-refractivity contribution in [2.75, 3.05) is 18.0 Å². The highest BCUT2D eigenvalue weighted by molar-refractivity contribution is 6.52. The molecule has 2 amide bonds. The molecule has 0 saturated heterocycles. The van der Waals surface area contributed by atoms with Gasteiger partial charge < -0.3 is 5.32 Å². The third-order valence-corrected chi connectivity index (χ3v) is 3.32. The van der Waals surface area contributed by atoms with E-state index >= 15 is 0 Å². The van der Waals surface area contributed by atoms with Crippen LogP contribution in [-0.2, 0) is 9.59 Å². The molecule has 1 aromatic rings. The second-order valence-electron chi connectivity index (χ2n) is 4.56. The van der Waals surface area contributed by atoms with Crippen molar-refractivity contribution in [2.45, 2.75) is 13.8 Å². The second-order valence-corrected chi connectivity index (χ2v) is 4.56. The number of aryl methyl sites for hydroxylation is 1. The third-order valence-electron chi connectivity index (χ3n) is 3.32. The Hall–Kier alpha value is -2.68. The number of carbonyl (C=O) groups excluding carboxylic acids is 3. The van der Waals surface area contributed by atoms with Crippen LogP contribution in [0.5, 0.6) is 0 Å². The number of hydrogen-bond acceptors (Lipinski definition) is 4. The molecule has 102 valence electrons. The maximum absolute atomic E-state index is 12.0. The van der Waals surface area contributed by atoms with Crippen molar-refractivity contribution in [1.82, 2.24) is 5.32 Å². The van der Waals surface area contributed by atoms with E-state index in [1.54, 1.807) is 25.1 Å². The first-order valence-corrected chi connectivity index (χ1v) is 6.07. The normalized spacial score (nSPS) is 13.2. The summed E-state index contributed by atoms with van der Waals surface area (Å²) >= 11 is 0. The van der Waals surface area contributed by atoms with Gasteiger partial charge in [0.05, 0.1) is 17.3 Å². The molecule has 0 aliphatic carbocycles. The Bertz CT molecular complexity index is 658. The molecule has 6 heteroatoms. The molecule has 0 spiro atoms. The SMILES string of the molecule is Cc1ccc2c(c1C)N(CC(=O)NCC#N)C(=O)C2=O. The quantitative estimate of drug-likeness (QED) is 0.639. The minimum Gasteiger partial charge on any atom is -0.341 e. The molecule has 1 heterocycles. The summed E-state index contributed by atoms with van der Waals surface area (Å²) in [7, 11) is 0. The van der Waals surface area contributed by atoms with Crippen LogP contribution in [0.4, 0.5) is 5.69 Å². The first kappa shape index (κ1) is 13.7. The van der Waals surface area contributed by atoms with E-state index in [0.29, 0.717) is 11.3 Å². The molecule has 0 unspecified atom stereocenters. The van der Waals surface area contributed by atoms with Gasteiger partial charge in [0.2, 0.25) is 5.91 Å². The Morgan fingerprint density at radius 2 is 2.05 bits per heavy atom. The lowest BCUT2D eigenvalue weighted by atomic mass is 10.0. The molecule has 20 heavy (non-hydrogen) atoms. The van der Waals surface area contributed by atoms with Crippen molar-refractivity contribution in [3.63, 3.8) is 0 Å². The molecule has 0 atom stereocenters. The lowest BCUT2D eigenvalue weighted by molar-refractivity contribution is -0.121. The van der Waals surface area contributed by atoms with Crippen molar-refractivity contribution < 1.29 is 14.4 Å². The molecule has 0 radical (unpaired) electrons. The van der Waals surface area contributed by atoms with Crippen LogP contribution in [0.3, 0.4) is 0 Å². The molecule has 2 rings (SSSR count). The Kier molecular flexibility index (Phi) is 3.53. The number of fused-ring (bicyclic) bond motifs is 1. The Morgan fingerprint density at radius 1 is 1.35 bits per heavy atom. The number of hydrogen-bond donors (Lipinski definition) is 1. The van der Waals surface area contributed by atoms with Gasteiger partial charge in [0.15, 0.2) is 0 Å². The predicted molar refractivity (Wildman–Crippen MR) is 71.2 cm³/mol. The van der Waals surface area contributed by atoms with E-state index in [0.717, 1.165) is 11.1 Å². The zero-order valence-corrected chi connectivity index (χ0v) is 11.2. The molecular formula is C14H13N3O3. The summed E-state index contributed by atoms with van der Waals surface area (Å²) in [6.45, 7) is 3.29. The molecule has 1 aromatic carbocycles. The van der Waals surface area contributed by atoms with Gasteiger partial charge >= 0.3 is 0 Å². The fourth-order valence-corrected chi connectivity index (χ4v) is 2.16. The summed E-state index contributed by atoms with van der Waals surface area (Å²) in [5.41, 5.74) is 2.56. The Labute approximate surface area is 116 Å². The lowest BCUT2D eigenvalue weighted by Gasteiger charge is -2.18. The number of carbonyl (C=O) groups is 3. The highest BCUT2D eigenvalue weighted by Gasteiger charge is 2.38. The van der Waals surface area contributed by atoms with Crippen molar-refractivity contribution >= 4 is 23.3 Å². The van der Waals surface area contributed by atoms with Crippen molar-refractivity contribution in [2.24, 2.45) is 0 Å². The van der Waals surface area contributed by atoms with Gasteiger partial charge in [-0.05, 0) is 31.0 Å². The molecule has 0 saturated carbocycles. The molecule has 1 aliphatic rings. The second kappa shape index (κ2) is 5.13. The fourth-order valence-electron chi connectivity index (χ4n) is 2.16. The maximum Gasteiger partial charge on any atom is 0.299 e. The highest BCUT2D eigenvalue weighted by atomic mass is 16.2. The Morgan fingerprint density at radius 3 is 2.70 bits per heavy atom. The van der Waals surface area contributed by atoms with Crippen molar-refractivity contribution in [3.8, 4) is 6.07 Å². The van der Waals surface area contributed by atoms with E-state index in [9.17, 15) is 14.4 Å². The van der Waals surface area contributed by atoms with Crippen LogP contribution in [0, 0.1) is 25.2 Å². The van der Waals surface area contributed by atoms with Crippen LogP contribution in [0.15, 0.2) is 12.1 Å². The topological polar surface area (TPSA) is 90.3 Å². The highest BCUT2D eigenvalue weighted by Crippen LogP contribution is 2.33. The predicted octanol–water partition coefficient (Wildman–Crippen LogP) is 0.473. The van der Waals surface area contributed by atoms with Gasteiger partial charge in [-0.15, -0.1) is 0 Å². The van der Waals surface area contributed by atoms with Gasteiger partial charge in [0, 0.05) is 0 Å². The Balaban J connectivity index is 2.35. The average molecular weight is 271 g/mol. The van der Waals surface area contributed by atoms with E-state index in [1.165, 1.54) is 4.90 Å². The monoisotopic (exact) mass is 271 g/mol. The zero-order valence-electron chi connectivity index (χ0n) is 11.2. The summed E-state index contributed by atoms with van der Waals surface area (Å²) in [4.78, 5) is 36.7. The van der Waals surface area contributed by atoms with E-state index < -0.39 is 17.6 Å². The molecule has 1 aliphatic heterocycles. The number of Topliss-reactive ketones (excluding diaryl/α,β-unsaturated/α-hetero) is 1. The molecule has 6 nitrogen and oxygen atoms in total. The standard InChI is InChI=1S/C14H13N3O3/c1-8-3-4-10-12(9(8)2)17(14(20)13(10)19)7-11(18)16-6-5-15/h3-4H,6-7H2,1-2H3,(H,16,18). The van der Waals surface area contributed by atoms with E-state index in [1.807, 2.05) is 6.92 Å². The van der Waals surface area contributed by atoms with Crippen LogP contribution < -0.4 is 10.2 Å². The molecule has 0 aromatic heterocycles.